The third-order valence-electron chi connectivity index (χ3n) is 5.74. The number of piperazine rings is 1. The molecular weight excluding hydrogens is 470 g/mol. The maximum absolute atomic E-state index is 14.4. The van der Waals surface area contributed by atoms with Crippen LogP contribution in [0.1, 0.15) is 16.7 Å². The van der Waals surface area contributed by atoms with Crippen LogP contribution in [0.5, 0.6) is 0 Å². The standard InChI is InChI=1S/C27H27Cl2N2OP/c28-26(24-12-6-2-7-13-24)21-33(32,22-27(29)25-14-8-3-9-15-25)31-18-16-30(17-19-31)20-23-10-4-1-5-11-23/h1-15,21-22H,16-20H2/b26-21-,27-22-. The second kappa shape index (κ2) is 11.3. The Morgan fingerprint density at radius 3 is 1.58 bits per heavy atom. The average Bonchev–Trinajstić information content (AvgIpc) is 2.86. The van der Waals surface area contributed by atoms with Crippen LogP contribution in [0, 0.1) is 0 Å². The van der Waals surface area contributed by atoms with Gasteiger partial charge in [0, 0.05) is 44.4 Å². The summed E-state index contributed by atoms with van der Waals surface area (Å²) in [6.07, 6.45) is 0. The van der Waals surface area contributed by atoms with Crippen molar-refractivity contribution in [3.63, 3.8) is 0 Å². The smallest absolute Gasteiger partial charge is 0.196 e. The molecule has 4 rings (SSSR count). The molecule has 33 heavy (non-hydrogen) atoms. The van der Waals surface area contributed by atoms with E-state index >= 15 is 0 Å². The van der Waals surface area contributed by atoms with Gasteiger partial charge >= 0.3 is 0 Å². The quantitative estimate of drug-likeness (QED) is 0.315. The van der Waals surface area contributed by atoms with E-state index in [1.54, 1.807) is 11.6 Å². The maximum Gasteiger partial charge on any atom is 0.196 e. The molecular formula is C27H27Cl2N2OP. The normalized spacial score (nSPS) is 16.7. The average molecular weight is 497 g/mol. The highest BCUT2D eigenvalue weighted by atomic mass is 35.5. The van der Waals surface area contributed by atoms with Gasteiger partial charge in [-0.2, -0.15) is 0 Å². The van der Waals surface area contributed by atoms with Crippen LogP contribution < -0.4 is 0 Å². The fourth-order valence-electron chi connectivity index (χ4n) is 3.92. The molecule has 0 bridgehead atoms. The second-order valence-electron chi connectivity index (χ2n) is 8.07. The van der Waals surface area contributed by atoms with Crippen LogP contribution in [-0.2, 0) is 11.1 Å². The Balaban J connectivity index is 1.59. The Morgan fingerprint density at radius 2 is 1.12 bits per heavy atom. The molecule has 6 heteroatoms. The minimum Gasteiger partial charge on any atom is -0.297 e. The monoisotopic (exact) mass is 496 g/mol. The highest BCUT2D eigenvalue weighted by Crippen LogP contribution is 2.57. The van der Waals surface area contributed by atoms with Gasteiger partial charge in [0.25, 0.3) is 0 Å². The van der Waals surface area contributed by atoms with Crippen LogP contribution in [-0.4, -0.2) is 35.7 Å². The van der Waals surface area contributed by atoms with Crippen molar-refractivity contribution >= 4 is 40.6 Å². The largest absolute Gasteiger partial charge is 0.297 e. The first-order valence-electron chi connectivity index (χ1n) is 11.0. The molecule has 1 heterocycles. The zero-order valence-corrected chi connectivity index (χ0v) is 20.8. The van der Waals surface area contributed by atoms with Gasteiger partial charge in [-0.25, -0.2) is 4.67 Å². The van der Waals surface area contributed by atoms with Gasteiger partial charge in [-0.15, -0.1) is 0 Å². The van der Waals surface area contributed by atoms with Gasteiger partial charge in [0.05, 0.1) is 10.1 Å². The van der Waals surface area contributed by atoms with E-state index in [0.717, 1.165) is 30.8 Å². The summed E-state index contributed by atoms with van der Waals surface area (Å²) in [5, 5.41) is 0.943. The number of hydrogen-bond acceptors (Lipinski definition) is 2. The lowest BCUT2D eigenvalue weighted by Gasteiger charge is -2.37. The van der Waals surface area contributed by atoms with Crippen molar-refractivity contribution in [3.8, 4) is 0 Å². The van der Waals surface area contributed by atoms with E-state index in [9.17, 15) is 4.57 Å². The molecule has 0 amide bonds. The minimum absolute atomic E-state index is 0.472. The highest BCUT2D eigenvalue weighted by Gasteiger charge is 2.31. The zero-order valence-electron chi connectivity index (χ0n) is 18.4. The molecule has 0 N–H and O–H groups in total. The molecule has 0 radical (unpaired) electrons. The SMILES string of the molecule is O=P(/C=C(\Cl)c1ccccc1)(/C=C(\Cl)c1ccccc1)N1CCN(Cc2ccccc2)CC1. The fourth-order valence-corrected chi connectivity index (χ4v) is 7.16. The molecule has 1 aliphatic heterocycles. The number of hydrogen-bond donors (Lipinski definition) is 0. The number of rotatable bonds is 7. The molecule has 0 spiro atoms. The second-order valence-corrected chi connectivity index (χ2v) is 11.3. The first-order valence-corrected chi connectivity index (χ1v) is 13.6. The van der Waals surface area contributed by atoms with E-state index in [1.165, 1.54) is 5.56 Å². The molecule has 0 saturated carbocycles. The van der Waals surface area contributed by atoms with Crippen LogP contribution in [0.2, 0.25) is 0 Å². The van der Waals surface area contributed by atoms with Crippen molar-refractivity contribution in [2.24, 2.45) is 0 Å². The molecule has 3 aromatic rings. The lowest BCUT2D eigenvalue weighted by molar-refractivity contribution is 0.182. The van der Waals surface area contributed by atoms with E-state index in [4.69, 9.17) is 23.2 Å². The third-order valence-corrected chi connectivity index (χ3v) is 9.23. The third kappa shape index (κ3) is 6.47. The van der Waals surface area contributed by atoms with E-state index in [2.05, 4.69) is 29.2 Å². The van der Waals surface area contributed by atoms with Crippen LogP contribution in [0.25, 0.3) is 10.1 Å². The van der Waals surface area contributed by atoms with Crippen molar-refractivity contribution in [1.82, 2.24) is 9.57 Å². The van der Waals surface area contributed by atoms with Gasteiger partial charge < -0.3 is 0 Å². The van der Waals surface area contributed by atoms with E-state index < -0.39 is 7.29 Å². The predicted octanol–water partition coefficient (Wildman–Crippen LogP) is 7.56. The van der Waals surface area contributed by atoms with Crippen molar-refractivity contribution in [2.45, 2.75) is 6.54 Å². The van der Waals surface area contributed by atoms with Gasteiger partial charge in [-0.3, -0.25) is 9.46 Å². The summed E-state index contributed by atoms with van der Waals surface area (Å²) >= 11 is 13.3. The minimum atomic E-state index is -3.13. The van der Waals surface area contributed by atoms with Gasteiger partial charge in [0.15, 0.2) is 7.29 Å². The van der Waals surface area contributed by atoms with E-state index in [1.807, 2.05) is 71.4 Å². The molecule has 3 nitrogen and oxygen atoms in total. The summed E-state index contributed by atoms with van der Waals surface area (Å²) in [5.74, 6) is 3.39. The summed E-state index contributed by atoms with van der Waals surface area (Å²) in [5.41, 5.74) is 2.96. The summed E-state index contributed by atoms with van der Waals surface area (Å²) in [7, 11) is -3.13. The van der Waals surface area contributed by atoms with E-state index in [0.29, 0.717) is 23.2 Å². The van der Waals surface area contributed by atoms with Crippen molar-refractivity contribution < 1.29 is 4.57 Å². The first kappa shape index (κ1) is 24.0. The van der Waals surface area contributed by atoms with Gasteiger partial charge in [-0.1, -0.05) is 114 Å². The molecule has 0 aromatic heterocycles. The fraction of sp³-hybridized carbons (Fsp3) is 0.185. The Morgan fingerprint density at radius 1 is 0.697 bits per heavy atom. The highest BCUT2D eigenvalue weighted by molar-refractivity contribution is 7.68. The molecule has 0 unspecified atom stereocenters. The lowest BCUT2D eigenvalue weighted by Crippen LogP contribution is -2.43. The Kier molecular flexibility index (Phi) is 8.25. The first-order chi connectivity index (χ1) is 16.0. The van der Waals surface area contributed by atoms with Crippen LogP contribution in [0.3, 0.4) is 0 Å². The van der Waals surface area contributed by atoms with Gasteiger partial charge in [0.1, 0.15) is 0 Å². The maximum atomic E-state index is 14.4. The molecule has 3 aromatic carbocycles. The molecule has 0 aliphatic carbocycles. The zero-order chi connectivity index (χ0) is 23.1. The number of halogens is 2. The van der Waals surface area contributed by atoms with Crippen molar-refractivity contribution in [1.29, 1.82) is 0 Å². The predicted molar refractivity (Wildman–Crippen MR) is 141 cm³/mol. The van der Waals surface area contributed by atoms with Gasteiger partial charge in [0.2, 0.25) is 0 Å². The molecule has 170 valence electrons. The molecule has 1 saturated heterocycles. The van der Waals surface area contributed by atoms with E-state index in [-0.39, 0.29) is 0 Å². The Labute approximate surface area is 206 Å². The van der Waals surface area contributed by atoms with Crippen LogP contribution in [0.15, 0.2) is 103 Å². The lowest BCUT2D eigenvalue weighted by atomic mass is 10.2. The summed E-state index contributed by atoms with van der Waals surface area (Å²) in [4.78, 5) is 2.39. The molecule has 0 atom stereocenters. The molecule has 1 aliphatic rings. The number of benzene rings is 3. The van der Waals surface area contributed by atoms with Crippen molar-refractivity contribution in [3.05, 3.63) is 119 Å². The topological polar surface area (TPSA) is 23.6 Å². The summed E-state index contributed by atoms with van der Waals surface area (Å²) < 4.78 is 16.4. The molecule has 1 fully saturated rings. The Hall–Kier alpha value is -2.13. The number of nitrogens with zero attached hydrogens (tertiary/aromatic N) is 2. The van der Waals surface area contributed by atoms with Crippen LogP contribution >= 0.6 is 30.5 Å². The van der Waals surface area contributed by atoms with Crippen molar-refractivity contribution in [2.75, 3.05) is 26.2 Å². The van der Waals surface area contributed by atoms with Crippen LogP contribution in [0.4, 0.5) is 0 Å². The summed E-state index contributed by atoms with van der Waals surface area (Å²) in [6, 6.07) is 29.7. The Bertz CT molecular complexity index is 1080. The van der Waals surface area contributed by atoms with Gasteiger partial charge in [-0.05, 0) is 16.7 Å². The summed E-state index contributed by atoms with van der Waals surface area (Å²) in [6.45, 7) is 3.89.